The summed E-state index contributed by atoms with van der Waals surface area (Å²) in [6.07, 6.45) is 0. The molecule has 0 unspecified atom stereocenters. The average molecular weight is 168 g/mol. The third-order valence-corrected chi connectivity index (χ3v) is 1.28. The molecule has 0 saturated heterocycles. The highest BCUT2D eigenvalue weighted by Crippen LogP contribution is 2.24. The van der Waals surface area contributed by atoms with Crippen molar-refractivity contribution in [3.8, 4) is 0 Å². The van der Waals surface area contributed by atoms with E-state index in [0.29, 0.717) is 0 Å². The van der Waals surface area contributed by atoms with Crippen molar-refractivity contribution in [3.05, 3.63) is 44.5 Å². The Morgan fingerprint density at radius 1 is 0.917 bits per heavy atom. The van der Waals surface area contributed by atoms with Crippen LogP contribution in [0.2, 0.25) is 0 Å². The second-order valence-electron chi connectivity index (χ2n) is 2.00. The van der Waals surface area contributed by atoms with Gasteiger partial charge < -0.3 is 0 Å². The predicted octanol–water partition coefficient (Wildman–Crippen LogP) is 1.50. The SMILES string of the molecule is O=[N+]([O-])c1ccccc1[N+](=O)[O-]. The van der Waals surface area contributed by atoms with E-state index in [4.69, 9.17) is 0 Å². The van der Waals surface area contributed by atoms with Crippen molar-refractivity contribution in [3.63, 3.8) is 0 Å². The standard InChI is InChI=1S/C6H4N2O4/c9-7(10)5-3-1-2-4-6(5)8(11)12/h1-4H. The van der Waals surface area contributed by atoms with Crippen LogP contribution in [-0.4, -0.2) is 9.85 Å². The molecule has 0 spiro atoms. The van der Waals surface area contributed by atoms with Crippen molar-refractivity contribution in [2.75, 3.05) is 0 Å². The van der Waals surface area contributed by atoms with E-state index in [0.717, 1.165) is 12.1 Å². The minimum absolute atomic E-state index is 0.484. The Labute approximate surface area is 66.7 Å². The molecule has 0 aliphatic carbocycles. The minimum atomic E-state index is -0.780. The third kappa shape index (κ3) is 1.36. The summed E-state index contributed by atoms with van der Waals surface area (Å²) < 4.78 is 0. The first kappa shape index (κ1) is 8.12. The van der Waals surface area contributed by atoms with Crippen molar-refractivity contribution in [2.45, 2.75) is 0 Å². The maximum absolute atomic E-state index is 10.2. The number of nitrogens with zero attached hydrogens (tertiary/aromatic N) is 2. The van der Waals surface area contributed by atoms with E-state index in [9.17, 15) is 20.2 Å². The Morgan fingerprint density at radius 2 is 1.25 bits per heavy atom. The van der Waals surface area contributed by atoms with Crippen molar-refractivity contribution < 1.29 is 9.85 Å². The van der Waals surface area contributed by atoms with E-state index >= 15 is 0 Å². The number of rotatable bonds is 2. The van der Waals surface area contributed by atoms with Crippen molar-refractivity contribution in [1.29, 1.82) is 0 Å². The molecule has 0 heterocycles. The maximum Gasteiger partial charge on any atom is 0.346 e. The molecule has 0 fully saturated rings. The summed E-state index contributed by atoms with van der Waals surface area (Å²) in [4.78, 5) is 18.9. The van der Waals surface area contributed by atoms with Crippen LogP contribution in [0.5, 0.6) is 0 Å². The predicted molar refractivity (Wildman–Crippen MR) is 39.8 cm³/mol. The Morgan fingerprint density at radius 3 is 1.50 bits per heavy atom. The second-order valence-corrected chi connectivity index (χ2v) is 2.00. The lowest BCUT2D eigenvalue weighted by atomic mass is 10.3. The van der Waals surface area contributed by atoms with E-state index in [2.05, 4.69) is 0 Å². The normalized spacial score (nSPS) is 9.33. The second kappa shape index (κ2) is 2.95. The van der Waals surface area contributed by atoms with Crippen molar-refractivity contribution in [2.24, 2.45) is 0 Å². The third-order valence-electron chi connectivity index (χ3n) is 1.28. The molecule has 1 aromatic rings. The maximum atomic E-state index is 10.2. The number of nitro benzene ring substituents is 2. The van der Waals surface area contributed by atoms with E-state index < -0.39 is 21.2 Å². The fraction of sp³-hybridized carbons (Fsp3) is 0. The highest BCUT2D eigenvalue weighted by Gasteiger charge is 2.21. The molecule has 62 valence electrons. The van der Waals surface area contributed by atoms with Crippen LogP contribution in [-0.2, 0) is 0 Å². The largest absolute Gasteiger partial charge is 0.346 e. The summed E-state index contributed by atoms with van der Waals surface area (Å²) in [7, 11) is 0. The highest BCUT2D eigenvalue weighted by molar-refractivity contribution is 5.51. The van der Waals surface area contributed by atoms with E-state index in [1.54, 1.807) is 0 Å². The van der Waals surface area contributed by atoms with Gasteiger partial charge in [0.2, 0.25) is 0 Å². The van der Waals surface area contributed by atoms with Crippen LogP contribution in [0.3, 0.4) is 0 Å². The molecule has 0 aliphatic rings. The first-order valence-corrected chi connectivity index (χ1v) is 3.00. The van der Waals surface area contributed by atoms with Crippen molar-refractivity contribution in [1.82, 2.24) is 0 Å². The number of hydrogen-bond acceptors (Lipinski definition) is 4. The monoisotopic (exact) mass is 168 g/mol. The van der Waals surface area contributed by atoms with Crippen molar-refractivity contribution >= 4 is 11.4 Å². The van der Waals surface area contributed by atoms with Gasteiger partial charge in [0, 0.05) is 12.1 Å². The topological polar surface area (TPSA) is 86.3 Å². The molecule has 6 heteroatoms. The number of hydrogen-bond donors (Lipinski definition) is 0. The van der Waals surface area contributed by atoms with Gasteiger partial charge >= 0.3 is 11.4 Å². The number of nitro groups is 2. The summed E-state index contributed by atoms with van der Waals surface area (Å²) in [5, 5.41) is 20.5. The summed E-state index contributed by atoms with van der Waals surface area (Å²) in [5.41, 5.74) is -0.968. The minimum Gasteiger partial charge on any atom is -0.258 e. The molecule has 0 saturated carbocycles. The van der Waals surface area contributed by atoms with Gasteiger partial charge in [-0.1, -0.05) is 12.1 Å². The molecule has 0 N–H and O–H groups in total. The van der Waals surface area contributed by atoms with Gasteiger partial charge in [0.25, 0.3) is 0 Å². The molecule has 1 rings (SSSR count). The highest BCUT2D eigenvalue weighted by atomic mass is 16.6. The summed E-state index contributed by atoms with van der Waals surface area (Å²) in [6, 6.07) is 4.95. The van der Waals surface area contributed by atoms with Gasteiger partial charge in [-0.05, 0) is 0 Å². The van der Waals surface area contributed by atoms with Crippen LogP contribution in [0.15, 0.2) is 24.3 Å². The fourth-order valence-electron chi connectivity index (χ4n) is 0.773. The average Bonchev–Trinajstić information content (AvgIpc) is 2.04. The van der Waals surface area contributed by atoms with Crippen LogP contribution in [0, 0.1) is 20.2 Å². The molecule has 0 amide bonds. The van der Waals surface area contributed by atoms with E-state index in [1.165, 1.54) is 12.1 Å². The number of para-hydroxylation sites is 2. The summed E-state index contributed by atoms with van der Waals surface area (Å²) in [6.45, 7) is 0. The summed E-state index contributed by atoms with van der Waals surface area (Å²) >= 11 is 0. The van der Waals surface area contributed by atoms with Gasteiger partial charge in [-0.25, -0.2) is 0 Å². The first-order valence-electron chi connectivity index (χ1n) is 3.00. The van der Waals surface area contributed by atoms with Crippen LogP contribution in [0.1, 0.15) is 0 Å². The number of benzene rings is 1. The van der Waals surface area contributed by atoms with Crippen LogP contribution < -0.4 is 0 Å². The van der Waals surface area contributed by atoms with E-state index in [-0.39, 0.29) is 0 Å². The molecule has 0 aromatic heterocycles. The van der Waals surface area contributed by atoms with Gasteiger partial charge in [-0.3, -0.25) is 20.2 Å². The lowest BCUT2D eigenvalue weighted by molar-refractivity contribution is -0.422. The van der Waals surface area contributed by atoms with Gasteiger partial charge in [0.05, 0.1) is 9.85 Å². The molecule has 1 aromatic carbocycles. The van der Waals surface area contributed by atoms with Gasteiger partial charge in [-0.15, -0.1) is 0 Å². The summed E-state index contributed by atoms with van der Waals surface area (Å²) in [5.74, 6) is 0. The van der Waals surface area contributed by atoms with Gasteiger partial charge in [0.15, 0.2) is 0 Å². The van der Waals surface area contributed by atoms with Crippen LogP contribution in [0.25, 0.3) is 0 Å². The zero-order valence-corrected chi connectivity index (χ0v) is 5.84. The quantitative estimate of drug-likeness (QED) is 0.494. The zero-order valence-electron chi connectivity index (χ0n) is 5.84. The molecule has 0 atom stereocenters. The molecular formula is C6H4N2O4. The molecule has 6 nitrogen and oxygen atoms in total. The lowest BCUT2D eigenvalue weighted by Gasteiger charge is -1.91. The first-order chi connectivity index (χ1) is 5.63. The molecule has 12 heavy (non-hydrogen) atoms. The van der Waals surface area contributed by atoms with Gasteiger partial charge in [-0.2, -0.15) is 0 Å². The Balaban J connectivity index is 3.27. The Kier molecular flexibility index (Phi) is 2.00. The lowest BCUT2D eigenvalue weighted by Crippen LogP contribution is -1.95. The fourth-order valence-corrected chi connectivity index (χ4v) is 0.773. The molecular weight excluding hydrogens is 164 g/mol. The van der Waals surface area contributed by atoms with Gasteiger partial charge in [0.1, 0.15) is 0 Å². The van der Waals surface area contributed by atoms with Crippen LogP contribution >= 0.6 is 0 Å². The molecule has 0 aliphatic heterocycles. The van der Waals surface area contributed by atoms with E-state index in [1.807, 2.05) is 0 Å². The Hall–Kier alpha value is -1.98. The molecule has 0 radical (unpaired) electrons. The zero-order chi connectivity index (χ0) is 9.14. The molecule has 0 bridgehead atoms. The smallest absolute Gasteiger partial charge is 0.258 e. The van der Waals surface area contributed by atoms with Crippen LogP contribution in [0.4, 0.5) is 11.4 Å². The Bertz CT molecular complexity index is 303.